The van der Waals surface area contributed by atoms with Crippen LogP contribution in [0.15, 0.2) is 29.1 Å². The first-order valence-corrected chi connectivity index (χ1v) is 9.55. The lowest BCUT2D eigenvalue weighted by Gasteiger charge is -2.09. The number of hydrogen-bond donors (Lipinski definition) is 1. The largest absolute Gasteiger partial charge is 0.295 e. The molecule has 8 heteroatoms. The number of benzene rings is 1. The number of nitrogens with zero attached hydrogens (tertiary/aromatic N) is 4. The van der Waals surface area contributed by atoms with Crippen LogP contribution in [0.3, 0.4) is 0 Å². The number of anilines is 1. The van der Waals surface area contributed by atoms with Gasteiger partial charge in [0.2, 0.25) is 5.13 Å². The molecule has 0 spiro atoms. The quantitative estimate of drug-likeness (QED) is 0.717. The molecule has 2 aromatic heterocycles. The predicted molar refractivity (Wildman–Crippen MR) is 103 cm³/mol. The van der Waals surface area contributed by atoms with E-state index in [0.717, 1.165) is 17.8 Å². The summed E-state index contributed by atoms with van der Waals surface area (Å²) in [6.07, 6.45) is 1.96. The summed E-state index contributed by atoms with van der Waals surface area (Å²) in [4.78, 5) is 25.2. The molecule has 0 saturated heterocycles. The Morgan fingerprint density at radius 1 is 1.15 bits per heavy atom. The number of nitrogens with one attached hydrogen (secondary N) is 1. The summed E-state index contributed by atoms with van der Waals surface area (Å²) in [5, 5.41) is 17.7. The fourth-order valence-electron chi connectivity index (χ4n) is 2.86. The van der Waals surface area contributed by atoms with Crippen molar-refractivity contribution in [2.45, 2.75) is 46.1 Å². The molecule has 0 fully saturated rings. The van der Waals surface area contributed by atoms with Crippen LogP contribution in [0.1, 0.15) is 55.0 Å². The molecule has 2 heterocycles. The van der Waals surface area contributed by atoms with Gasteiger partial charge in [-0.05, 0) is 25.8 Å². The van der Waals surface area contributed by atoms with Crippen LogP contribution in [-0.4, -0.2) is 25.9 Å². The number of fused-ring (bicyclic) bond motifs is 1. The zero-order valence-electron chi connectivity index (χ0n) is 15.0. The maximum atomic E-state index is 12.8. The molecular formula is C18H21N5O2S. The molecule has 1 N–H and O–H groups in total. The van der Waals surface area contributed by atoms with Crippen molar-refractivity contribution in [1.82, 2.24) is 20.0 Å². The van der Waals surface area contributed by atoms with Crippen molar-refractivity contribution >= 4 is 33.1 Å². The minimum Gasteiger partial charge on any atom is -0.295 e. The summed E-state index contributed by atoms with van der Waals surface area (Å²) >= 11 is 1.38. The third-order valence-corrected chi connectivity index (χ3v) is 5.38. The number of rotatable bonds is 6. The van der Waals surface area contributed by atoms with Gasteiger partial charge in [0, 0.05) is 17.8 Å². The second kappa shape index (κ2) is 7.74. The predicted octanol–water partition coefficient (Wildman–Crippen LogP) is 3.42. The average molecular weight is 371 g/mol. The van der Waals surface area contributed by atoms with E-state index in [-0.39, 0.29) is 11.3 Å². The first kappa shape index (κ1) is 18.2. The van der Waals surface area contributed by atoms with Crippen LogP contribution in [0.5, 0.6) is 0 Å². The molecule has 1 amide bonds. The number of amides is 1. The van der Waals surface area contributed by atoms with E-state index in [2.05, 4.69) is 34.5 Å². The molecule has 0 atom stereocenters. The van der Waals surface area contributed by atoms with Gasteiger partial charge in [-0.15, -0.1) is 10.2 Å². The highest BCUT2D eigenvalue weighted by molar-refractivity contribution is 7.15. The van der Waals surface area contributed by atoms with Gasteiger partial charge in [0.05, 0.1) is 5.39 Å². The fourth-order valence-corrected chi connectivity index (χ4v) is 3.87. The molecular weight excluding hydrogens is 350 g/mol. The summed E-state index contributed by atoms with van der Waals surface area (Å²) in [6.45, 7) is 6.43. The van der Waals surface area contributed by atoms with Crippen molar-refractivity contribution < 1.29 is 4.79 Å². The van der Waals surface area contributed by atoms with Crippen LogP contribution in [0.4, 0.5) is 5.13 Å². The highest BCUT2D eigenvalue weighted by Gasteiger charge is 2.19. The Morgan fingerprint density at radius 2 is 1.85 bits per heavy atom. The molecule has 0 aliphatic heterocycles. The van der Waals surface area contributed by atoms with Crippen molar-refractivity contribution in [1.29, 1.82) is 0 Å². The first-order valence-electron chi connectivity index (χ1n) is 8.73. The monoisotopic (exact) mass is 371 g/mol. The van der Waals surface area contributed by atoms with Crippen LogP contribution >= 0.6 is 11.3 Å². The maximum absolute atomic E-state index is 12.8. The summed E-state index contributed by atoms with van der Waals surface area (Å²) in [5.74, 6) is -0.0465. The SMILES string of the molecule is CCC(CC)c1nnc(NC(=O)c2nn(CC)c(=O)c3ccccc23)s1. The standard InChI is InChI=1S/C18H21N5O2S/c1-4-11(5-2)16-20-21-18(26-16)19-15(24)14-12-9-7-8-10-13(12)17(25)23(6-3)22-14/h7-11H,4-6H2,1-3H3,(H,19,21,24). The lowest BCUT2D eigenvalue weighted by atomic mass is 10.1. The summed E-state index contributed by atoms with van der Waals surface area (Å²) < 4.78 is 1.30. The number of aromatic nitrogens is 4. The number of carbonyl (C=O) groups is 1. The molecule has 0 radical (unpaired) electrons. The third kappa shape index (κ3) is 3.37. The Morgan fingerprint density at radius 3 is 2.50 bits per heavy atom. The van der Waals surface area contributed by atoms with E-state index in [9.17, 15) is 9.59 Å². The summed E-state index contributed by atoms with van der Waals surface area (Å²) in [6, 6.07) is 7.00. The van der Waals surface area contributed by atoms with Crippen LogP contribution in [0.2, 0.25) is 0 Å². The van der Waals surface area contributed by atoms with Gasteiger partial charge in [-0.2, -0.15) is 5.10 Å². The van der Waals surface area contributed by atoms with Crippen molar-refractivity contribution in [3.05, 3.63) is 45.3 Å². The molecule has 26 heavy (non-hydrogen) atoms. The zero-order valence-corrected chi connectivity index (χ0v) is 15.8. The highest BCUT2D eigenvalue weighted by Crippen LogP contribution is 2.28. The van der Waals surface area contributed by atoms with E-state index < -0.39 is 5.91 Å². The van der Waals surface area contributed by atoms with E-state index >= 15 is 0 Å². The minimum atomic E-state index is -0.393. The summed E-state index contributed by atoms with van der Waals surface area (Å²) in [7, 11) is 0. The topological polar surface area (TPSA) is 89.8 Å². The van der Waals surface area contributed by atoms with Gasteiger partial charge in [0.1, 0.15) is 5.01 Å². The average Bonchev–Trinajstić information content (AvgIpc) is 3.11. The number of aryl methyl sites for hydroxylation is 1. The van der Waals surface area contributed by atoms with Gasteiger partial charge < -0.3 is 0 Å². The van der Waals surface area contributed by atoms with Gasteiger partial charge in [-0.1, -0.05) is 43.4 Å². The third-order valence-electron chi connectivity index (χ3n) is 4.38. The van der Waals surface area contributed by atoms with Crippen molar-refractivity contribution in [2.75, 3.05) is 5.32 Å². The maximum Gasteiger partial charge on any atom is 0.278 e. The van der Waals surface area contributed by atoms with Gasteiger partial charge >= 0.3 is 0 Å². The Kier molecular flexibility index (Phi) is 5.41. The van der Waals surface area contributed by atoms with E-state index in [1.54, 1.807) is 24.3 Å². The van der Waals surface area contributed by atoms with Crippen molar-refractivity contribution in [3.8, 4) is 0 Å². The molecule has 7 nitrogen and oxygen atoms in total. The van der Waals surface area contributed by atoms with Gasteiger partial charge in [-0.25, -0.2) is 4.68 Å². The van der Waals surface area contributed by atoms with Crippen molar-refractivity contribution in [3.63, 3.8) is 0 Å². The van der Waals surface area contributed by atoms with E-state index in [1.807, 2.05) is 6.92 Å². The number of hydrogen-bond acceptors (Lipinski definition) is 6. The zero-order chi connectivity index (χ0) is 18.7. The summed E-state index contributed by atoms with van der Waals surface area (Å²) in [5.41, 5.74) is 0.00733. The molecule has 0 saturated carbocycles. The Balaban J connectivity index is 1.96. The Bertz CT molecular complexity index is 991. The molecule has 0 aliphatic rings. The van der Waals surface area contributed by atoms with E-state index in [0.29, 0.717) is 28.4 Å². The molecule has 0 unspecified atom stereocenters. The van der Waals surface area contributed by atoms with Gasteiger partial charge in [-0.3, -0.25) is 14.9 Å². The molecule has 0 aliphatic carbocycles. The molecule has 3 rings (SSSR count). The molecule has 0 bridgehead atoms. The van der Waals surface area contributed by atoms with Crippen LogP contribution in [0, 0.1) is 0 Å². The van der Waals surface area contributed by atoms with Crippen molar-refractivity contribution in [2.24, 2.45) is 0 Å². The van der Waals surface area contributed by atoms with Gasteiger partial charge in [0.15, 0.2) is 5.69 Å². The molecule has 136 valence electrons. The lowest BCUT2D eigenvalue weighted by Crippen LogP contribution is -2.27. The normalized spacial score (nSPS) is 11.2. The Labute approximate surface area is 155 Å². The first-order chi connectivity index (χ1) is 12.6. The molecule has 1 aromatic carbocycles. The number of carbonyl (C=O) groups excluding carboxylic acids is 1. The van der Waals surface area contributed by atoms with Crippen LogP contribution in [0.25, 0.3) is 10.8 Å². The van der Waals surface area contributed by atoms with E-state index in [1.165, 1.54) is 16.0 Å². The second-order valence-electron chi connectivity index (χ2n) is 5.93. The van der Waals surface area contributed by atoms with E-state index in [4.69, 9.17) is 0 Å². The van der Waals surface area contributed by atoms with Crippen LogP contribution < -0.4 is 10.9 Å². The van der Waals surface area contributed by atoms with Crippen LogP contribution in [-0.2, 0) is 6.54 Å². The lowest BCUT2D eigenvalue weighted by molar-refractivity contribution is 0.102. The Hall–Kier alpha value is -2.61. The van der Waals surface area contributed by atoms with Gasteiger partial charge in [0.25, 0.3) is 11.5 Å². The minimum absolute atomic E-state index is 0.202. The smallest absolute Gasteiger partial charge is 0.278 e. The second-order valence-corrected chi connectivity index (χ2v) is 6.94. The fraction of sp³-hybridized carbons (Fsp3) is 0.389. The molecule has 3 aromatic rings. The highest BCUT2D eigenvalue weighted by atomic mass is 32.1.